The second-order valence-electron chi connectivity index (χ2n) is 4.53. The van der Waals surface area contributed by atoms with E-state index >= 15 is 0 Å². The van der Waals surface area contributed by atoms with E-state index in [9.17, 15) is 0 Å². The maximum Gasteiger partial charge on any atom is -0.00290 e. The quantitative estimate of drug-likeness (QED) is 0.664. The fourth-order valence-corrected chi connectivity index (χ4v) is 1.93. The molecular weight excluding hydrogens is 216 g/mol. The maximum absolute atomic E-state index is 4.15. The van der Waals surface area contributed by atoms with Crippen molar-refractivity contribution in [1.29, 1.82) is 0 Å². The summed E-state index contributed by atoms with van der Waals surface area (Å²) in [6.45, 7) is 8.29. The first-order valence-electron chi connectivity index (χ1n) is 6.19. The number of hydrogen-bond acceptors (Lipinski definition) is 0. The molecule has 2 aromatic rings. The molecule has 0 amide bonds. The van der Waals surface area contributed by atoms with Crippen molar-refractivity contribution in [1.82, 2.24) is 0 Å². The van der Waals surface area contributed by atoms with Crippen LogP contribution in [0.2, 0.25) is 0 Å². The van der Waals surface area contributed by atoms with Crippen molar-refractivity contribution in [2.24, 2.45) is 0 Å². The standard InChI is InChI=1S/C18H18/c1-15(13-17-9-5-3-6-10-17)16(2)14-18-11-7-4-8-12-18/h3-12H,1-2,13-14H2. The third-order valence-electron chi connectivity index (χ3n) is 3.02. The molecule has 0 spiro atoms. The Balaban J connectivity index is 1.96. The summed E-state index contributed by atoms with van der Waals surface area (Å²) < 4.78 is 0. The van der Waals surface area contributed by atoms with Crippen LogP contribution in [0.1, 0.15) is 11.1 Å². The van der Waals surface area contributed by atoms with Crippen LogP contribution in [0.25, 0.3) is 0 Å². The zero-order valence-corrected chi connectivity index (χ0v) is 10.6. The molecule has 0 unspecified atom stereocenters. The summed E-state index contributed by atoms with van der Waals surface area (Å²) in [4.78, 5) is 0. The zero-order valence-electron chi connectivity index (χ0n) is 10.6. The average molecular weight is 234 g/mol. The number of rotatable bonds is 5. The highest BCUT2D eigenvalue weighted by Crippen LogP contribution is 2.17. The molecule has 0 bridgehead atoms. The SMILES string of the molecule is C=C(Cc1ccccc1)C(=C)Cc1ccccc1. The van der Waals surface area contributed by atoms with Gasteiger partial charge in [-0.05, 0) is 35.1 Å². The number of hydrogen-bond donors (Lipinski definition) is 0. The highest BCUT2D eigenvalue weighted by atomic mass is 14.1. The van der Waals surface area contributed by atoms with Gasteiger partial charge in [0.1, 0.15) is 0 Å². The van der Waals surface area contributed by atoms with E-state index in [0.717, 1.165) is 24.0 Å². The predicted octanol–water partition coefficient (Wildman–Crippen LogP) is 4.58. The van der Waals surface area contributed by atoms with Crippen molar-refractivity contribution in [3.05, 3.63) is 96.1 Å². The zero-order chi connectivity index (χ0) is 12.8. The molecule has 0 aliphatic rings. The van der Waals surface area contributed by atoms with Gasteiger partial charge in [0.2, 0.25) is 0 Å². The minimum Gasteiger partial charge on any atom is -0.0952 e. The molecule has 0 nitrogen and oxygen atoms in total. The van der Waals surface area contributed by atoms with Crippen molar-refractivity contribution in [2.75, 3.05) is 0 Å². The number of allylic oxidation sites excluding steroid dienone is 2. The largest absolute Gasteiger partial charge is 0.0952 e. The molecule has 0 aliphatic heterocycles. The molecule has 0 aliphatic carbocycles. The average Bonchev–Trinajstić information content (AvgIpc) is 2.41. The van der Waals surface area contributed by atoms with Gasteiger partial charge >= 0.3 is 0 Å². The Morgan fingerprint density at radius 2 is 0.944 bits per heavy atom. The van der Waals surface area contributed by atoms with Gasteiger partial charge in [0.05, 0.1) is 0 Å². The molecule has 0 aromatic heterocycles. The van der Waals surface area contributed by atoms with Crippen LogP contribution >= 0.6 is 0 Å². The molecular formula is C18H18. The van der Waals surface area contributed by atoms with Gasteiger partial charge in [-0.3, -0.25) is 0 Å². The molecule has 0 radical (unpaired) electrons. The van der Waals surface area contributed by atoms with E-state index in [4.69, 9.17) is 0 Å². The van der Waals surface area contributed by atoms with E-state index in [1.807, 2.05) is 12.1 Å². The fourth-order valence-electron chi connectivity index (χ4n) is 1.93. The molecule has 0 heteroatoms. The topological polar surface area (TPSA) is 0 Å². The third-order valence-corrected chi connectivity index (χ3v) is 3.02. The molecule has 0 fully saturated rings. The van der Waals surface area contributed by atoms with Crippen LogP contribution in [0.4, 0.5) is 0 Å². The van der Waals surface area contributed by atoms with Crippen LogP contribution < -0.4 is 0 Å². The van der Waals surface area contributed by atoms with Crippen molar-refractivity contribution in [3.63, 3.8) is 0 Å². The second-order valence-corrected chi connectivity index (χ2v) is 4.53. The van der Waals surface area contributed by atoms with Crippen LogP contribution in [0.5, 0.6) is 0 Å². The molecule has 90 valence electrons. The lowest BCUT2D eigenvalue weighted by Crippen LogP contribution is -1.96. The summed E-state index contributed by atoms with van der Waals surface area (Å²) in [5, 5.41) is 0. The summed E-state index contributed by atoms with van der Waals surface area (Å²) in [5.74, 6) is 0. The molecule has 0 N–H and O–H groups in total. The van der Waals surface area contributed by atoms with Gasteiger partial charge in [-0.2, -0.15) is 0 Å². The van der Waals surface area contributed by atoms with Gasteiger partial charge in [0.15, 0.2) is 0 Å². The first-order chi connectivity index (χ1) is 8.75. The van der Waals surface area contributed by atoms with Crippen LogP contribution in [0.15, 0.2) is 85.0 Å². The highest BCUT2D eigenvalue weighted by molar-refractivity contribution is 5.35. The van der Waals surface area contributed by atoms with E-state index < -0.39 is 0 Å². The molecule has 0 atom stereocenters. The predicted molar refractivity (Wildman–Crippen MR) is 78.6 cm³/mol. The molecule has 2 rings (SSSR count). The Hall–Kier alpha value is -2.08. The molecule has 18 heavy (non-hydrogen) atoms. The molecule has 2 aromatic carbocycles. The molecule has 0 saturated heterocycles. The lowest BCUT2D eigenvalue weighted by molar-refractivity contribution is 1.09. The summed E-state index contributed by atoms with van der Waals surface area (Å²) in [5.41, 5.74) is 4.81. The fraction of sp³-hybridized carbons (Fsp3) is 0.111. The van der Waals surface area contributed by atoms with Gasteiger partial charge in [-0.1, -0.05) is 73.8 Å². The minimum absolute atomic E-state index is 0.881. The minimum atomic E-state index is 0.881. The van der Waals surface area contributed by atoms with Crippen LogP contribution in [0.3, 0.4) is 0 Å². The van der Waals surface area contributed by atoms with Crippen molar-refractivity contribution < 1.29 is 0 Å². The first-order valence-corrected chi connectivity index (χ1v) is 6.19. The van der Waals surface area contributed by atoms with Gasteiger partial charge in [0, 0.05) is 0 Å². The van der Waals surface area contributed by atoms with E-state index in [1.54, 1.807) is 0 Å². The van der Waals surface area contributed by atoms with Gasteiger partial charge in [0.25, 0.3) is 0 Å². The van der Waals surface area contributed by atoms with E-state index in [-0.39, 0.29) is 0 Å². The third kappa shape index (κ3) is 3.46. The van der Waals surface area contributed by atoms with E-state index in [1.165, 1.54) is 11.1 Å². The van der Waals surface area contributed by atoms with Crippen molar-refractivity contribution >= 4 is 0 Å². The summed E-state index contributed by atoms with van der Waals surface area (Å²) in [6.07, 6.45) is 1.76. The monoisotopic (exact) mass is 234 g/mol. The highest BCUT2D eigenvalue weighted by Gasteiger charge is 2.03. The van der Waals surface area contributed by atoms with Crippen molar-refractivity contribution in [2.45, 2.75) is 12.8 Å². The Labute approximate surface area is 109 Å². The van der Waals surface area contributed by atoms with Crippen LogP contribution in [-0.4, -0.2) is 0 Å². The first kappa shape index (κ1) is 12.4. The van der Waals surface area contributed by atoms with E-state index in [0.29, 0.717) is 0 Å². The Morgan fingerprint density at radius 1 is 0.611 bits per heavy atom. The number of benzene rings is 2. The lowest BCUT2D eigenvalue weighted by atomic mass is 9.96. The van der Waals surface area contributed by atoms with Gasteiger partial charge in [-0.15, -0.1) is 0 Å². The smallest absolute Gasteiger partial charge is 0.00290 e. The Morgan fingerprint density at radius 3 is 1.28 bits per heavy atom. The Kier molecular flexibility index (Phi) is 4.14. The molecule has 0 saturated carbocycles. The van der Waals surface area contributed by atoms with E-state index in [2.05, 4.69) is 61.7 Å². The lowest BCUT2D eigenvalue weighted by Gasteiger charge is -2.09. The Bertz CT molecular complexity index is 469. The van der Waals surface area contributed by atoms with Crippen LogP contribution in [0, 0.1) is 0 Å². The summed E-state index contributed by atoms with van der Waals surface area (Å²) in [6, 6.07) is 20.8. The normalized spacial score (nSPS) is 10.0. The summed E-state index contributed by atoms with van der Waals surface area (Å²) in [7, 11) is 0. The van der Waals surface area contributed by atoms with Gasteiger partial charge < -0.3 is 0 Å². The van der Waals surface area contributed by atoms with Gasteiger partial charge in [-0.25, -0.2) is 0 Å². The van der Waals surface area contributed by atoms with Crippen LogP contribution in [-0.2, 0) is 12.8 Å². The summed E-state index contributed by atoms with van der Waals surface area (Å²) >= 11 is 0. The molecule has 0 heterocycles. The maximum atomic E-state index is 4.15. The second kappa shape index (κ2) is 6.02. The van der Waals surface area contributed by atoms with Crippen molar-refractivity contribution in [3.8, 4) is 0 Å².